The Hall–Kier alpha value is -2.89. The van der Waals surface area contributed by atoms with Crippen LogP contribution in [0.25, 0.3) is 11.1 Å². The van der Waals surface area contributed by atoms with Crippen molar-refractivity contribution in [3.8, 4) is 11.1 Å². The third-order valence-corrected chi connectivity index (χ3v) is 3.45. The van der Waals surface area contributed by atoms with E-state index in [4.69, 9.17) is 0 Å². The summed E-state index contributed by atoms with van der Waals surface area (Å²) in [5, 5.41) is 2.82. The van der Waals surface area contributed by atoms with Crippen LogP contribution >= 0.6 is 0 Å². The van der Waals surface area contributed by atoms with Crippen molar-refractivity contribution in [2.24, 2.45) is 0 Å². The average molecular weight is 329 g/mol. The Balaban J connectivity index is 1.86. The van der Waals surface area contributed by atoms with E-state index in [0.29, 0.717) is 5.69 Å². The maximum absolute atomic E-state index is 12.7. The van der Waals surface area contributed by atoms with Crippen LogP contribution in [0.15, 0.2) is 60.8 Å². The number of benzene rings is 2. The van der Waals surface area contributed by atoms with Crippen LogP contribution in [0.5, 0.6) is 0 Å². The predicted molar refractivity (Wildman–Crippen MR) is 86.9 cm³/mol. The number of aromatic nitrogens is 2. The van der Waals surface area contributed by atoms with E-state index in [-0.39, 0.29) is 5.95 Å². The summed E-state index contributed by atoms with van der Waals surface area (Å²) in [6.45, 7) is 2.01. The number of hydrogen-bond acceptors (Lipinski definition) is 3. The number of anilines is 2. The highest BCUT2D eigenvalue weighted by atomic mass is 19.4. The van der Waals surface area contributed by atoms with E-state index in [1.165, 1.54) is 0 Å². The summed E-state index contributed by atoms with van der Waals surface area (Å²) in [6, 6.07) is 16.2. The SMILES string of the molecule is Cc1ccc(-c2cccc(Nc3nccc(C(F)(F)F)n3)c2)cc1. The predicted octanol–water partition coefficient (Wildman–Crippen LogP) is 5.21. The summed E-state index contributed by atoms with van der Waals surface area (Å²) in [4.78, 5) is 7.35. The third kappa shape index (κ3) is 3.71. The van der Waals surface area contributed by atoms with Crippen LogP contribution in [0.2, 0.25) is 0 Å². The lowest BCUT2D eigenvalue weighted by Gasteiger charge is -2.10. The Morgan fingerprint density at radius 1 is 0.917 bits per heavy atom. The molecule has 1 heterocycles. The van der Waals surface area contributed by atoms with E-state index in [0.717, 1.165) is 29.0 Å². The Morgan fingerprint density at radius 3 is 2.38 bits per heavy atom. The molecular weight excluding hydrogens is 315 g/mol. The zero-order valence-corrected chi connectivity index (χ0v) is 12.8. The molecule has 3 nitrogen and oxygen atoms in total. The molecule has 1 N–H and O–H groups in total. The van der Waals surface area contributed by atoms with Crippen molar-refractivity contribution >= 4 is 11.6 Å². The normalized spacial score (nSPS) is 11.3. The third-order valence-electron chi connectivity index (χ3n) is 3.45. The summed E-state index contributed by atoms with van der Waals surface area (Å²) < 4.78 is 38.1. The largest absolute Gasteiger partial charge is 0.433 e. The zero-order chi connectivity index (χ0) is 17.2. The molecule has 0 spiro atoms. The van der Waals surface area contributed by atoms with Gasteiger partial charge < -0.3 is 5.32 Å². The molecule has 3 aromatic rings. The van der Waals surface area contributed by atoms with Crippen molar-refractivity contribution in [2.75, 3.05) is 5.32 Å². The molecule has 3 rings (SSSR count). The summed E-state index contributed by atoms with van der Waals surface area (Å²) >= 11 is 0. The fourth-order valence-electron chi connectivity index (χ4n) is 2.23. The number of nitrogens with one attached hydrogen (secondary N) is 1. The molecule has 0 fully saturated rings. The van der Waals surface area contributed by atoms with Gasteiger partial charge in [0.15, 0.2) is 0 Å². The Morgan fingerprint density at radius 2 is 1.67 bits per heavy atom. The number of halogens is 3. The molecule has 0 aliphatic rings. The van der Waals surface area contributed by atoms with Crippen LogP contribution < -0.4 is 5.32 Å². The van der Waals surface area contributed by atoms with Crippen molar-refractivity contribution in [1.82, 2.24) is 9.97 Å². The fraction of sp³-hybridized carbons (Fsp3) is 0.111. The van der Waals surface area contributed by atoms with Crippen LogP contribution in [-0.4, -0.2) is 9.97 Å². The molecule has 0 saturated heterocycles. The first-order valence-corrected chi connectivity index (χ1v) is 7.26. The minimum Gasteiger partial charge on any atom is -0.324 e. The van der Waals surface area contributed by atoms with Crippen LogP contribution in [0.3, 0.4) is 0 Å². The first-order chi connectivity index (χ1) is 11.4. The van der Waals surface area contributed by atoms with Crippen LogP contribution in [0.4, 0.5) is 24.8 Å². The molecule has 0 aliphatic heterocycles. The first-order valence-electron chi connectivity index (χ1n) is 7.26. The second-order valence-electron chi connectivity index (χ2n) is 5.34. The maximum atomic E-state index is 12.7. The lowest BCUT2D eigenvalue weighted by Crippen LogP contribution is -2.10. The minimum absolute atomic E-state index is 0.0918. The van der Waals surface area contributed by atoms with Crippen LogP contribution in [0.1, 0.15) is 11.3 Å². The molecule has 1 aromatic heterocycles. The van der Waals surface area contributed by atoms with Gasteiger partial charge in [0.1, 0.15) is 5.69 Å². The lowest BCUT2D eigenvalue weighted by molar-refractivity contribution is -0.141. The summed E-state index contributed by atoms with van der Waals surface area (Å²) in [5.74, 6) is -0.0918. The fourth-order valence-corrected chi connectivity index (χ4v) is 2.23. The molecule has 0 aliphatic carbocycles. The lowest BCUT2D eigenvalue weighted by atomic mass is 10.0. The molecule has 0 bridgehead atoms. The van der Waals surface area contributed by atoms with E-state index in [9.17, 15) is 13.2 Å². The van der Waals surface area contributed by atoms with E-state index in [1.807, 2.05) is 49.4 Å². The molecule has 0 amide bonds. The van der Waals surface area contributed by atoms with Crippen molar-refractivity contribution in [3.63, 3.8) is 0 Å². The van der Waals surface area contributed by atoms with Crippen LogP contribution in [-0.2, 0) is 6.18 Å². The molecular formula is C18H14F3N3. The Labute approximate surface area is 137 Å². The second-order valence-corrected chi connectivity index (χ2v) is 5.34. The van der Waals surface area contributed by atoms with E-state index in [2.05, 4.69) is 15.3 Å². The smallest absolute Gasteiger partial charge is 0.324 e. The highest BCUT2D eigenvalue weighted by Gasteiger charge is 2.32. The van der Waals surface area contributed by atoms with Gasteiger partial charge in [-0.25, -0.2) is 9.97 Å². The van der Waals surface area contributed by atoms with Gasteiger partial charge in [0.25, 0.3) is 0 Å². The van der Waals surface area contributed by atoms with Gasteiger partial charge in [-0.3, -0.25) is 0 Å². The summed E-state index contributed by atoms with van der Waals surface area (Å²) in [5.41, 5.74) is 2.77. The molecule has 0 saturated carbocycles. The van der Waals surface area contributed by atoms with Crippen molar-refractivity contribution in [2.45, 2.75) is 13.1 Å². The topological polar surface area (TPSA) is 37.8 Å². The molecule has 122 valence electrons. The van der Waals surface area contributed by atoms with Gasteiger partial charge >= 0.3 is 6.18 Å². The van der Waals surface area contributed by atoms with Gasteiger partial charge in [-0.1, -0.05) is 42.0 Å². The maximum Gasteiger partial charge on any atom is 0.433 e. The van der Waals surface area contributed by atoms with Crippen LogP contribution in [0, 0.1) is 6.92 Å². The number of rotatable bonds is 3. The molecule has 6 heteroatoms. The molecule has 0 radical (unpaired) electrons. The summed E-state index contributed by atoms with van der Waals surface area (Å²) in [6.07, 6.45) is -3.41. The molecule has 2 aromatic carbocycles. The van der Waals surface area contributed by atoms with Gasteiger partial charge in [0.2, 0.25) is 5.95 Å². The molecule has 0 unspecified atom stereocenters. The van der Waals surface area contributed by atoms with Gasteiger partial charge in [0.05, 0.1) is 0 Å². The number of alkyl halides is 3. The quantitative estimate of drug-likeness (QED) is 0.716. The minimum atomic E-state index is -4.50. The van der Waals surface area contributed by atoms with Crippen molar-refractivity contribution in [3.05, 3.63) is 72.1 Å². The number of aryl methyl sites for hydroxylation is 1. The van der Waals surface area contributed by atoms with E-state index in [1.54, 1.807) is 6.07 Å². The highest BCUT2D eigenvalue weighted by molar-refractivity contribution is 5.69. The summed E-state index contributed by atoms with van der Waals surface area (Å²) in [7, 11) is 0. The number of nitrogens with zero attached hydrogens (tertiary/aromatic N) is 2. The Kier molecular flexibility index (Phi) is 4.20. The van der Waals surface area contributed by atoms with E-state index >= 15 is 0 Å². The van der Waals surface area contributed by atoms with E-state index < -0.39 is 11.9 Å². The van der Waals surface area contributed by atoms with Gasteiger partial charge in [-0.15, -0.1) is 0 Å². The standard InChI is InChI=1S/C18H14F3N3/c1-12-5-7-13(8-6-12)14-3-2-4-15(11-14)23-17-22-10-9-16(24-17)18(19,20)21/h2-11H,1H3,(H,22,23,24). The molecule has 24 heavy (non-hydrogen) atoms. The molecule has 0 atom stereocenters. The van der Waals surface area contributed by atoms with Crippen molar-refractivity contribution < 1.29 is 13.2 Å². The van der Waals surface area contributed by atoms with Crippen molar-refractivity contribution in [1.29, 1.82) is 0 Å². The monoisotopic (exact) mass is 329 g/mol. The zero-order valence-electron chi connectivity index (χ0n) is 12.8. The van der Waals surface area contributed by atoms with Gasteiger partial charge in [-0.2, -0.15) is 13.2 Å². The second kappa shape index (κ2) is 6.31. The highest BCUT2D eigenvalue weighted by Crippen LogP contribution is 2.28. The Bertz CT molecular complexity index is 843. The number of hydrogen-bond donors (Lipinski definition) is 1. The van der Waals surface area contributed by atoms with Gasteiger partial charge in [-0.05, 0) is 36.2 Å². The van der Waals surface area contributed by atoms with Gasteiger partial charge in [0, 0.05) is 11.9 Å². The average Bonchev–Trinajstić information content (AvgIpc) is 2.55. The first kappa shape index (κ1) is 16.0.